The van der Waals surface area contributed by atoms with E-state index in [9.17, 15) is 5.11 Å². The van der Waals surface area contributed by atoms with Gasteiger partial charge in [-0.3, -0.25) is 4.68 Å². The maximum absolute atomic E-state index is 9.47. The molecule has 1 aliphatic carbocycles. The third-order valence-corrected chi connectivity index (χ3v) is 5.96. The summed E-state index contributed by atoms with van der Waals surface area (Å²) in [6.45, 7) is 4.74. The molecule has 0 saturated heterocycles. The lowest BCUT2D eigenvalue weighted by atomic mass is 9.93. The van der Waals surface area contributed by atoms with Crippen LogP contribution in [-0.2, 0) is 13.1 Å². The predicted molar refractivity (Wildman–Crippen MR) is 126 cm³/mol. The predicted octanol–water partition coefficient (Wildman–Crippen LogP) is 2.32. The number of fused-ring (bicyclic) bond motifs is 1. The molecule has 0 amide bonds. The number of aromatic nitrogens is 4. The topological polar surface area (TPSA) is 114 Å². The SMILES string of the molecule is CCCN(CCO)c1nc(N)nc2cn(Cc3ccc(CNC4CCC4)cc3OC)nc12. The molecule has 0 radical (unpaired) electrons. The van der Waals surface area contributed by atoms with Gasteiger partial charge in [-0.25, -0.2) is 4.98 Å². The van der Waals surface area contributed by atoms with Gasteiger partial charge in [-0.05, 0) is 30.9 Å². The summed E-state index contributed by atoms with van der Waals surface area (Å²) in [6.07, 6.45) is 6.67. The zero-order valence-corrected chi connectivity index (χ0v) is 18.9. The number of aliphatic hydroxyl groups excluding tert-OH is 1. The minimum absolute atomic E-state index is 0.0330. The Morgan fingerprint density at radius 1 is 1.28 bits per heavy atom. The first-order valence-corrected chi connectivity index (χ1v) is 11.4. The number of methoxy groups -OCH3 is 1. The molecule has 3 aromatic rings. The molecule has 1 aliphatic rings. The minimum Gasteiger partial charge on any atom is -0.496 e. The molecule has 32 heavy (non-hydrogen) atoms. The molecule has 9 heteroatoms. The van der Waals surface area contributed by atoms with Gasteiger partial charge in [-0.2, -0.15) is 10.1 Å². The number of nitrogens with one attached hydrogen (secondary N) is 1. The number of rotatable bonds is 11. The first-order chi connectivity index (χ1) is 15.6. The fourth-order valence-electron chi connectivity index (χ4n) is 4.06. The van der Waals surface area contributed by atoms with Gasteiger partial charge < -0.3 is 25.8 Å². The number of aliphatic hydroxyl groups is 1. The average molecular weight is 440 g/mol. The average Bonchev–Trinajstić information content (AvgIpc) is 3.15. The van der Waals surface area contributed by atoms with Gasteiger partial charge in [-0.15, -0.1) is 0 Å². The molecule has 172 valence electrons. The quantitative estimate of drug-likeness (QED) is 0.417. The largest absolute Gasteiger partial charge is 0.496 e. The zero-order valence-electron chi connectivity index (χ0n) is 18.9. The second kappa shape index (κ2) is 10.1. The molecule has 1 fully saturated rings. The van der Waals surface area contributed by atoms with E-state index in [-0.39, 0.29) is 12.6 Å². The van der Waals surface area contributed by atoms with Crippen LogP contribution in [0.2, 0.25) is 0 Å². The molecule has 0 atom stereocenters. The van der Waals surface area contributed by atoms with Crippen LogP contribution >= 0.6 is 0 Å². The van der Waals surface area contributed by atoms with Crippen LogP contribution in [0.5, 0.6) is 5.75 Å². The lowest BCUT2D eigenvalue weighted by molar-refractivity contribution is 0.301. The summed E-state index contributed by atoms with van der Waals surface area (Å²) in [7, 11) is 1.70. The van der Waals surface area contributed by atoms with E-state index < -0.39 is 0 Å². The standard InChI is InChI=1S/C23H33N7O2/c1-3-9-29(10-11-31)22-21-19(26-23(24)27-22)15-30(28-21)14-17-8-7-16(12-20(17)32-2)13-25-18-5-4-6-18/h7-8,12,15,18,25,31H,3-6,9-11,13-14H2,1-2H3,(H2,24,26). The van der Waals surface area contributed by atoms with Gasteiger partial charge in [0.2, 0.25) is 5.95 Å². The van der Waals surface area contributed by atoms with E-state index in [4.69, 9.17) is 15.6 Å². The smallest absolute Gasteiger partial charge is 0.222 e. The van der Waals surface area contributed by atoms with Crippen LogP contribution < -0.4 is 20.7 Å². The van der Waals surface area contributed by atoms with Crippen molar-refractivity contribution in [3.8, 4) is 5.75 Å². The molecular formula is C23H33N7O2. The van der Waals surface area contributed by atoms with Gasteiger partial charge in [0, 0.05) is 31.2 Å². The Morgan fingerprint density at radius 3 is 2.81 bits per heavy atom. The molecule has 0 bridgehead atoms. The minimum atomic E-state index is 0.0330. The van der Waals surface area contributed by atoms with Gasteiger partial charge in [-0.1, -0.05) is 25.5 Å². The molecule has 0 spiro atoms. The summed E-state index contributed by atoms with van der Waals surface area (Å²) in [5.74, 6) is 1.70. The molecule has 1 aromatic carbocycles. The number of nitrogen functional groups attached to an aromatic ring is 1. The van der Waals surface area contributed by atoms with Gasteiger partial charge in [0.15, 0.2) is 11.3 Å². The van der Waals surface area contributed by atoms with E-state index >= 15 is 0 Å². The summed E-state index contributed by atoms with van der Waals surface area (Å²) in [5, 5.41) is 17.8. The summed E-state index contributed by atoms with van der Waals surface area (Å²) in [6, 6.07) is 6.98. The second-order valence-corrected chi connectivity index (χ2v) is 8.33. The zero-order chi connectivity index (χ0) is 22.5. The first kappa shape index (κ1) is 22.3. The Kier molecular flexibility index (Phi) is 7.06. The highest BCUT2D eigenvalue weighted by molar-refractivity contribution is 5.86. The van der Waals surface area contributed by atoms with Crippen molar-refractivity contribution in [2.45, 2.75) is 51.7 Å². The molecule has 4 rings (SSSR count). The van der Waals surface area contributed by atoms with Crippen LogP contribution in [0.25, 0.3) is 11.0 Å². The van der Waals surface area contributed by atoms with Crippen LogP contribution in [0.3, 0.4) is 0 Å². The monoisotopic (exact) mass is 439 g/mol. The molecule has 9 nitrogen and oxygen atoms in total. The van der Waals surface area contributed by atoms with Crippen LogP contribution in [0.15, 0.2) is 24.4 Å². The summed E-state index contributed by atoms with van der Waals surface area (Å²) < 4.78 is 7.51. The summed E-state index contributed by atoms with van der Waals surface area (Å²) in [4.78, 5) is 10.8. The molecule has 0 unspecified atom stereocenters. The lowest BCUT2D eigenvalue weighted by Crippen LogP contribution is -2.34. The highest BCUT2D eigenvalue weighted by atomic mass is 16.5. The highest BCUT2D eigenvalue weighted by Crippen LogP contribution is 2.26. The van der Waals surface area contributed by atoms with Crippen LogP contribution in [-0.4, -0.2) is 57.7 Å². The Morgan fingerprint density at radius 2 is 2.12 bits per heavy atom. The van der Waals surface area contributed by atoms with Crippen molar-refractivity contribution in [2.75, 3.05) is 37.4 Å². The van der Waals surface area contributed by atoms with E-state index in [1.54, 1.807) is 7.11 Å². The van der Waals surface area contributed by atoms with Crippen LogP contribution in [0.4, 0.5) is 11.8 Å². The number of nitrogens with zero attached hydrogens (tertiary/aromatic N) is 5. The summed E-state index contributed by atoms with van der Waals surface area (Å²) >= 11 is 0. The normalized spacial score (nSPS) is 14.0. The van der Waals surface area contributed by atoms with E-state index in [1.807, 2.05) is 15.8 Å². The van der Waals surface area contributed by atoms with Crippen molar-refractivity contribution in [1.82, 2.24) is 25.1 Å². The molecule has 1 saturated carbocycles. The Labute approximate surface area is 188 Å². The van der Waals surface area contributed by atoms with Gasteiger partial charge in [0.05, 0.1) is 26.5 Å². The second-order valence-electron chi connectivity index (χ2n) is 8.33. The Hall–Kier alpha value is -2.91. The number of nitrogens with two attached hydrogens (primary N) is 1. The fraction of sp³-hybridized carbons (Fsp3) is 0.522. The fourth-order valence-corrected chi connectivity index (χ4v) is 4.06. The third kappa shape index (κ3) is 4.94. The van der Waals surface area contributed by atoms with Gasteiger partial charge >= 0.3 is 0 Å². The molecule has 2 heterocycles. The van der Waals surface area contributed by atoms with Crippen molar-refractivity contribution in [3.05, 3.63) is 35.5 Å². The molecular weight excluding hydrogens is 406 g/mol. The van der Waals surface area contributed by atoms with Crippen molar-refractivity contribution in [1.29, 1.82) is 0 Å². The van der Waals surface area contributed by atoms with Crippen LogP contribution in [0, 0.1) is 0 Å². The maximum Gasteiger partial charge on any atom is 0.222 e. The number of hydrogen-bond acceptors (Lipinski definition) is 8. The Bertz CT molecular complexity index is 1040. The van der Waals surface area contributed by atoms with Crippen molar-refractivity contribution in [3.63, 3.8) is 0 Å². The third-order valence-electron chi connectivity index (χ3n) is 5.96. The number of anilines is 2. The lowest BCUT2D eigenvalue weighted by Gasteiger charge is -2.26. The van der Waals surface area contributed by atoms with Gasteiger partial charge in [0.25, 0.3) is 0 Å². The Balaban J connectivity index is 1.58. The van der Waals surface area contributed by atoms with E-state index in [1.165, 1.54) is 24.8 Å². The van der Waals surface area contributed by atoms with Crippen molar-refractivity contribution >= 4 is 22.8 Å². The molecule has 2 aromatic heterocycles. The van der Waals surface area contributed by atoms with Crippen LogP contribution in [0.1, 0.15) is 43.7 Å². The summed E-state index contributed by atoms with van der Waals surface area (Å²) in [5.41, 5.74) is 9.59. The van der Waals surface area contributed by atoms with Gasteiger partial charge in [0.1, 0.15) is 11.3 Å². The van der Waals surface area contributed by atoms with Crippen molar-refractivity contribution < 1.29 is 9.84 Å². The highest BCUT2D eigenvalue weighted by Gasteiger charge is 2.18. The number of ether oxygens (including phenoxy) is 1. The van der Waals surface area contributed by atoms with E-state index in [0.717, 1.165) is 30.8 Å². The van der Waals surface area contributed by atoms with E-state index in [0.29, 0.717) is 36.0 Å². The first-order valence-electron chi connectivity index (χ1n) is 11.4. The maximum atomic E-state index is 9.47. The number of benzene rings is 1. The molecule has 0 aliphatic heterocycles. The van der Waals surface area contributed by atoms with Crippen molar-refractivity contribution in [2.24, 2.45) is 0 Å². The number of hydrogen-bond donors (Lipinski definition) is 3. The molecule has 4 N–H and O–H groups in total. The van der Waals surface area contributed by atoms with E-state index in [2.05, 4.69) is 40.4 Å².